The number of nitrogens with zero attached hydrogens (tertiary/aromatic N) is 4. The summed E-state index contributed by atoms with van der Waals surface area (Å²) in [6.07, 6.45) is 2.70. The lowest BCUT2D eigenvalue weighted by atomic mass is 9.86. The first-order valence-electron chi connectivity index (χ1n) is 15.1. The predicted molar refractivity (Wildman–Crippen MR) is 172 cm³/mol. The summed E-state index contributed by atoms with van der Waals surface area (Å²) in [5, 5.41) is 10.3. The number of pyridine rings is 1. The maximum atomic E-state index is 14.0. The average Bonchev–Trinajstić information content (AvgIpc) is 3.39. The molecule has 7 nitrogen and oxygen atoms in total. The van der Waals surface area contributed by atoms with Gasteiger partial charge in [0.2, 0.25) is 5.91 Å². The molecule has 3 heterocycles. The van der Waals surface area contributed by atoms with Gasteiger partial charge in [0, 0.05) is 25.2 Å². The van der Waals surface area contributed by atoms with Gasteiger partial charge in [0.25, 0.3) is 0 Å². The minimum absolute atomic E-state index is 0.0994. The van der Waals surface area contributed by atoms with E-state index in [1.165, 1.54) is 0 Å². The highest BCUT2D eigenvalue weighted by atomic mass is 16.4. The Morgan fingerprint density at radius 3 is 2.14 bits per heavy atom. The van der Waals surface area contributed by atoms with Crippen LogP contribution in [0.15, 0.2) is 97.1 Å². The minimum Gasteiger partial charge on any atom is -0.481 e. The average molecular weight is 585 g/mol. The number of rotatable bonds is 8. The molecule has 1 N–H and O–H groups in total. The molecule has 6 rings (SSSR count). The zero-order valence-corrected chi connectivity index (χ0v) is 25.3. The van der Waals surface area contributed by atoms with E-state index in [0.29, 0.717) is 13.1 Å². The van der Waals surface area contributed by atoms with Crippen LogP contribution >= 0.6 is 0 Å². The summed E-state index contributed by atoms with van der Waals surface area (Å²) in [5.41, 5.74) is 8.34. The molecular weight excluding hydrogens is 548 g/mol. The molecule has 0 radical (unpaired) electrons. The number of carbonyl (C=O) groups excluding carboxylic acids is 1. The van der Waals surface area contributed by atoms with Gasteiger partial charge in [-0.2, -0.15) is 0 Å². The Morgan fingerprint density at radius 1 is 0.909 bits per heavy atom. The smallest absolute Gasteiger partial charge is 0.312 e. The molecule has 0 aliphatic carbocycles. The molecule has 1 unspecified atom stereocenters. The molecule has 1 amide bonds. The fraction of sp³-hybridized carbons (Fsp3) is 0.243. The van der Waals surface area contributed by atoms with E-state index in [1.54, 1.807) is 4.90 Å². The molecule has 0 saturated heterocycles. The van der Waals surface area contributed by atoms with E-state index in [4.69, 9.17) is 9.97 Å². The first-order valence-corrected chi connectivity index (χ1v) is 15.1. The van der Waals surface area contributed by atoms with Crippen molar-refractivity contribution in [1.82, 2.24) is 19.4 Å². The molecule has 5 aromatic rings. The summed E-state index contributed by atoms with van der Waals surface area (Å²) in [4.78, 5) is 37.9. The lowest BCUT2D eigenvalue weighted by Crippen LogP contribution is -2.43. The van der Waals surface area contributed by atoms with Crippen molar-refractivity contribution in [1.29, 1.82) is 0 Å². The zero-order chi connectivity index (χ0) is 30.8. The van der Waals surface area contributed by atoms with Crippen LogP contribution in [0, 0.1) is 19.8 Å². The van der Waals surface area contributed by atoms with Crippen molar-refractivity contribution in [2.24, 2.45) is 5.92 Å². The first-order chi connectivity index (χ1) is 21.3. The second-order valence-corrected chi connectivity index (χ2v) is 11.5. The molecule has 222 valence electrons. The van der Waals surface area contributed by atoms with Gasteiger partial charge >= 0.3 is 5.97 Å². The Balaban J connectivity index is 1.26. The number of carbonyl (C=O) groups is 2. The lowest BCUT2D eigenvalue weighted by molar-refractivity contribution is -0.141. The second kappa shape index (κ2) is 12.3. The van der Waals surface area contributed by atoms with Crippen molar-refractivity contribution in [3.8, 4) is 0 Å². The van der Waals surface area contributed by atoms with Crippen LogP contribution in [0.5, 0.6) is 0 Å². The largest absolute Gasteiger partial charge is 0.481 e. The van der Waals surface area contributed by atoms with Gasteiger partial charge in [0.15, 0.2) is 5.65 Å². The van der Waals surface area contributed by atoms with Gasteiger partial charge in [-0.3, -0.25) is 9.59 Å². The summed E-state index contributed by atoms with van der Waals surface area (Å²) in [7, 11) is 0. The van der Waals surface area contributed by atoms with Gasteiger partial charge in [-0.25, -0.2) is 9.97 Å². The highest BCUT2D eigenvalue weighted by Gasteiger charge is 2.35. The number of aliphatic carboxylic acids is 1. The highest BCUT2D eigenvalue weighted by Crippen LogP contribution is 2.33. The third-order valence-corrected chi connectivity index (χ3v) is 8.48. The monoisotopic (exact) mass is 584 g/mol. The van der Waals surface area contributed by atoms with Crippen molar-refractivity contribution < 1.29 is 14.7 Å². The maximum Gasteiger partial charge on any atom is 0.312 e. The van der Waals surface area contributed by atoms with Crippen molar-refractivity contribution in [2.45, 2.75) is 39.7 Å². The van der Waals surface area contributed by atoms with Gasteiger partial charge in [-0.15, -0.1) is 0 Å². The van der Waals surface area contributed by atoms with E-state index in [-0.39, 0.29) is 12.5 Å². The number of amides is 1. The number of hydrogen-bond donors (Lipinski definition) is 1. The van der Waals surface area contributed by atoms with E-state index in [9.17, 15) is 14.7 Å². The van der Waals surface area contributed by atoms with E-state index in [2.05, 4.69) is 24.5 Å². The maximum absolute atomic E-state index is 14.0. The van der Waals surface area contributed by atoms with Gasteiger partial charge in [-0.1, -0.05) is 97.9 Å². The third-order valence-electron chi connectivity index (χ3n) is 8.48. The fourth-order valence-electron chi connectivity index (χ4n) is 6.27. The van der Waals surface area contributed by atoms with E-state index >= 15 is 0 Å². The molecule has 0 fully saturated rings. The third kappa shape index (κ3) is 5.65. The Labute approximate surface area is 257 Å². The van der Waals surface area contributed by atoms with Gasteiger partial charge < -0.3 is 14.6 Å². The van der Waals surface area contributed by atoms with Crippen LogP contribution in [0.4, 0.5) is 0 Å². The molecule has 0 saturated carbocycles. The van der Waals surface area contributed by atoms with Gasteiger partial charge in [0.1, 0.15) is 11.3 Å². The number of aromatic nitrogens is 3. The van der Waals surface area contributed by atoms with Crippen LogP contribution in [0.2, 0.25) is 0 Å². The fourth-order valence-corrected chi connectivity index (χ4v) is 6.27. The van der Waals surface area contributed by atoms with E-state index < -0.39 is 17.8 Å². The van der Waals surface area contributed by atoms with E-state index in [0.717, 1.165) is 62.5 Å². The number of carboxylic acid groups (broad SMARTS) is 1. The molecule has 7 heteroatoms. The number of aryl methyl sites for hydroxylation is 3. The summed E-state index contributed by atoms with van der Waals surface area (Å²) in [6, 6.07) is 29.5. The Kier molecular flexibility index (Phi) is 8.11. The van der Waals surface area contributed by atoms with Crippen LogP contribution in [0.3, 0.4) is 0 Å². The summed E-state index contributed by atoms with van der Waals surface area (Å²) in [6.45, 7) is 7.25. The molecule has 1 atom stereocenters. The topological polar surface area (TPSA) is 88.3 Å². The first kappa shape index (κ1) is 29.1. The molecule has 0 bridgehead atoms. The molecule has 44 heavy (non-hydrogen) atoms. The molecule has 1 aliphatic heterocycles. The van der Waals surface area contributed by atoms with Crippen molar-refractivity contribution in [3.05, 3.63) is 136 Å². The van der Waals surface area contributed by atoms with Crippen LogP contribution in [-0.4, -0.2) is 49.5 Å². The minimum atomic E-state index is -0.942. The Hall–Kier alpha value is -5.04. The quantitative estimate of drug-likeness (QED) is 0.228. The summed E-state index contributed by atoms with van der Waals surface area (Å²) in [5.74, 6) is -1.39. The lowest BCUT2D eigenvalue weighted by Gasteiger charge is -2.34. The van der Waals surface area contributed by atoms with Crippen LogP contribution in [0.1, 0.15) is 52.2 Å². The van der Waals surface area contributed by atoms with Gasteiger partial charge in [0.05, 0.1) is 18.4 Å². The van der Waals surface area contributed by atoms with Crippen LogP contribution in [-0.2, 0) is 22.6 Å². The van der Waals surface area contributed by atoms with Crippen LogP contribution in [0.25, 0.3) is 16.7 Å². The number of benzene rings is 3. The summed E-state index contributed by atoms with van der Waals surface area (Å²) < 4.78 is 2.17. The van der Waals surface area contributed by atoms with Crippen molar-refractivity contribution in [2.75, 3.05) is 13.1 Å². The Bertz CT molecular complexity index is 1800. The number of fused-ring (bicyclic) bond motifs is 1. The predicted octanol–water partition coefficient (Wildman–Crippen LogP) is 6.42. The Morgan fingerprint density at radius 2 is 1.55 bits per heavy atom. The standard InChI is InChI=1S/C37H36N4O3/c1-4-32-39-34-24(2)21-25(3)38-35(34)41(32)22-26-15-17-27(18-16-26)30-19-20-40(23-31(30)37(43)44)36(42)33(28-11-7-5-8-12-28)29-13-9-6-10-14-29/h5-19,21,31,33H,4,20,22-23H2,1-3H3,(H,43,44). The van der Waals surface area contributed by atoms with Crippen molar-refractivity contribution in [3.63, 3.8) is 0 Å². The molecule has 0 spiro atoms. The van der Waals surface area contributed by atoms with Crippen molar-refractivity contribution >= 4 is 28.6 Å². The molecular formula is C37H36N4O3. The van der Waals surface area contributed by atoms with Gasteiger partial charge in [-0.05, 0) is 53.3 Å². The molecule has 3 aromatic carbocycles. The molecule has 2 aromatic heterocycles. The second-order valence-electron chi connectivity index (χ2n) is 11.5. The zero-order valence-electron chi connectivity index (χ0n) is 25.3. The summed E-state index contributed by atoms with van der Waals surface area (Å²) >= 11 is 0. The molecule has 1 aliphatic rings. The van der Waals surface area contributed by atoms with Crippen LogP contribution < -0.4 is 0 Å². The number of hydrogen-bond acceptors (Lipinski definition) is 4. The highest BCUT2D eigenvalue weighted by molar-refractivity contribution is 5.92. The number of carboxylic acids is 1. The van der Waals surface area contributed by atoms with E-state index in [1.807, 2.05) is 97.9 Å². The SMILES string of the molecule is CCc1nc2c(C)cc(C)nc2n1Cc1ccc(C2=CCN(C(=O)C(c3ccccc3)c3ccccc3)CC2C(=O)O)cc1. The normalized spacial score (nSPS) is 15.0. The number of imidazole rings is 1.